The van der Waals surface area contributed by atoms with Crippen LogP contribution >= 0.6 is 27.3 Å². The van der Waals surface area contributed by atoms with Crippen LogP contribution in [0.2, 0.25) is 0 Å². The Morgan fingerprint density at radius 2 is 2.24 bits per heavy atom. The van der Waals surface area contributed by atoms with Gasteiger partial charge in [0, 0.05) is 20.8 Å². The fourth-order valence-electron chi connectivity index (χ4n) is 1.74. The van der Waals surface area contributed by atoms with Crippen LogP contribution in [0.4, 0.5) is 11.4 Å². The number of nitro benzene ring substituents is 1. The molecule has 9 heteroatoms. The van der Waals surface area contributed by atoms with E-state index in [9.17, 15) is 14.9 Å². The first-order chi connectivity index (χ1) is 10.0. The lowest BCUT2D eigenvalue weighted by molar-refractivity contribution is -0.384. The summed E-state index contributed by atoms with van der Waals surface area (Å²) in [5, 5.41) is 15.5. The van der Waals surface area contributed by atoms with Crippen molar-refractivity contribution >= 4 is 44.5 Å². The van der Waals surface area contributed by atoms with Crippen LogP contribution in [-0.2, 0) is 6.54 Å². The molecule has 0 unspecified atom stereocenters. The first kappa shape index (κ1) is 15.4. The van der Waals surface area contributed by atoms with E-state index in [4.69, 9.17) is 5.84 Å². The Labute approximate surface area is 132 Å². The van der Waals surface area contributed by atoms with Crippen molar-refractivity contribution in [1.29, 1.82) is 0 Å². The Balaban J connectivity index is 2.19. The second-order valence-electron chi connectivity index (χ2n) is 4.02. The van der Waals surface area contributed by atoms with Crippen LogP contribution in [0, 0.1) is 10.1 Å². The molecular formula is C12H11BrN4O3S. The number of amides is 1. The summed E-state index contributed by atoms with van der Waals surface area (Å²) >= 11 is 4.82. The van der Waals surface area contributed by atoms with Crippen molar-refractivity contribution < 1.29 is 9.72 Å². The molecule has 0 saturated carbocycles. The molecule has 0 atom stereocenters. The average molecular weight is 371 g/mol. The van der Waals surface area contributed by atoms with Crippen LogP contribution < -0.4 is 16.6 Å². The zero-order chi connectivity index (χ0) is 15.4. The van der Waals surface area contributed by atoms with Crippen molar-refractivity contribution in [2.45, 2.75) is 6.54 Å². The van der Waals surface area contributed by atoms with Crippen molar-refractivity contribution in [2.24, 2.45) is 5.84 Å². The Morgan fingerprint density at radius 1 is 1.48 bits per heavy atom. The summed E-state index contributed by atoms with van der Waals surface area (Å²) in [5.74, 6) is 4.86. The molecular weight excluding hydrogens is 360 g/mol. The minimum atomic E-state index is -0.595. The molecule has 0 aliphatic heterocycles. The molecule has 0 radical (unpaired) electrons. The maximum atomic E-state index is 12.1. The quantitative estimate of drug-likeness (QED) is 0.425. The number of nitrogen functional groups attached to an aromatic ring is 1. The number of halogens is 1. The van der Waals surface area contributed by atoms with Gasteiger partial charge < -0.3 is 10.7 Å². The zero-order valence-electron chi connectivity index (χ0n) is 10.6. The number of hydrogen-bond donors (Lipinski definition) is 3. The highest BCUT2D eigenvalue weighted by molar-refractivity contribution is 9.10. The number of carbonyl (C=O) groups is 1. The highest BCUT2D eigenvalue weighted by Gasteiger charge is 2.20. The molecule has 4 N–H and O–H groups in total. The molecule has 1 aromatic carbocycles. The lowest BCUT2D eigenvalue weighted by Crippen LogP contribution is -2.24. The Kier molecular flexibility index (Phi) is 4.89. The molecule has 0 bridgehead atoms. The molecule has 1 heterocycles. The van der Waals surface area contributed by atoms with E-state index in [1.54, 1.807) is 0 Å². The molecule has 110 valence electrons. The second-order valence-corrected chi connectivity index (χ2v) is 5.93. The first-order valence-electron chi connectivity index (χ1n) is 5.78. The molecule has 1 amide bonds. The van der Waals surface area contributed by atoms with Gasteiger partial charge in [-0.3, -0.25) is 20.8 Å². The van der Waals surface area contributed by atoms with Gasteiger partial charge in [0.1, 0.15) is 5.69 Å². The third-order valence-corrected chi connectivity index (χ3v) is 4.37. The molecule has 2 rings (SSSR count). The van der Waals surface area contributed by atoms with E-state index in [1.807, 2.05) is 11.4 Å². The van der Waals surface area contributed by atoms with E-state index >= 15 is 0 Å². The maximum Gasteiger partial charge on any atom is 0.294 e. The van der Waals surface area contributed by atoms with Crippen LogP contribution in [0.25, 0.3) is 0 Å². The minimum Gasteiger partial charge on any atom is -0.347 e. The molecule has 1 aromatic heterocycles. The number of nitrogens with two attached hydrogens (primary N) is 1. The van der Waals surface area contributed by atoms with Gasteiger partial charge in [-0.05, 0) is 28.1 Å². The summed E-state index contributed by atoms with van der Waals surface area (Å²) in [6.07, 6.45) is 0. The molecule has 7 nitrogen and oxygen atoms in total. The molecule has 2 aromatic rings. The Morgan fingerprint density at radius 3 is 2.81 bits per heavy atom. The number of nitrogens with zero attached hydrogens (tertiary/aromatic N) is 1. The number of hydrogen-bond acceptors (Lipinski definition) is 6. The Bertz CT molecular complexity index is 689. The predicted molar refractivity (Wildman–Crippen MR) is 84.1 cm³/mol. The van der Waals surface area contributed by atoms with Crippen LogP contribution in [0.3, 0.4) is 0 Å². The fourth-order valence-corrected chi connectivity index (χ4v) is 3.13. The number of benzene rings is 1. The summed E-state index contributed by atoms with van der Waals surface area (Å²) < 4.78 is 0.941. The number of rotatable bonds is 5. The third kappa shape index (κ3) is 3.57. The number of para-hydroxylation sites is 1. The number of carbonyl (C=O) groups excluding carboxylic acids is 1. The van der Waals surface area contributed by atoms with Gasteiger partial charge in [0.15, 0.2) is 0 Å². The smallest absolute Gasteiger partial charge is 0.294 e. The summed E-state index contributed by atoms with van der Waals surface area (Å²) in [7, 11) is 0. The lowest BCUT2D eigenvalue weighted by atomic mass is 10.1. The largest absolute Gasteiger partial charge is 0.347 e. The number of thiophene rings is 1. The van der Waals surface area contributed by atoms with E-state index in [-0.39, 0.29) is 16.9 Å². The number of nitro groups is 1. The van der Waals surface area contributed by atoms with E-state index in [0.29, 0.717) is 6.54 Å². The van der Waals surface area contributed by atoms with Gasteiger partial charge in [-0.2, -0.15) is 0 Å². The SMILES string of the molecule is NNc1c(C(=O)NCc2cc(Br)cs2)cccc1[N+](=O)[O-]. The second kappa shape index (κ2) is 6.66. The van der Waals surface area contributed by atoms with Crippen LogP contribution in [0.15, 0.2) is 34.1 Å². The Hall–Kier alpha value is -1.97. The van der Waals surface area contributed by atoms with Crippen LogP contribution in [0.1, 0.15) is 15.2 Å². The van der Waals surface area contributed by atoms with E-state index in [1.165, 1.54) is 29.5 Å². The molecule has 0 aliphatic rings. The van der Waals surface area contributed by atoms with Crippen molar-refractivity contribution in [3.8, 4) is 0 Å². The molecule has 0 spiro atoms. The average Bonchev–Trinajstić information content (AvgIpc) is 2.89. The summed E-state index contributed by atoms with van der Waals surface area (Å²) in [6, 6.07) is 6.08. The molecule has 0 aliphatic carbocycles. The predicted octanol–water partition coefficient (Wildman–Crippen LogP) is 2.63. The topological polar surface area (TPSA) is 110 Å². The molecule has 0 saturated heterocycles. The minimum absolute atomic E-state index is 0.00707. The van der Waals surface area contributed by atoms with Crippen molar-refractivity contribution in [3.05, 3.63) is 54.7 Å². The van der Waals surface area contributed by atoms with Crippen molar-refractivity contribution in [2.75, 3.05) is 5.43 Å². The van der Waals surface area contributed by atoms with Gasteiger partial charge in [0.05, 0.1) is 17.0 Å². The third-order valence-electron chi connectivity index (χ3n) is 2.67. The molecule has 0 fully saturated rings. The van der Waals surface area contributed by atoms with E-state index in [2.05, 4.69) is 26.7 Å². The van der Waals surface area contributed by atoms with Gasteiger partial charge in [0.2, 0.25) is 0 Å². The van der Waals surface area contributed by atoms with Gasteiger partial charge in [-0.1, -0.05) is 6.07 Å². The summed E-state index contributed by atoms with van der Waals surface area (Å²) in [6.45, 7) is 0.335. The van der Waals surface area contributed by atoms with Gasteiger partial charge in [-0.15, -0.1) is 11.3 Å². The maximum absolute atomic E-state index is 12.1. The van der Waals surface area contributed by atoms with E-state index < -0.39 is 10.8 Å². The van der Waals surface area contributed by atoms with Crippen molar-refractivity contribution in [1.82, 2.24) is 5.32 Å². The lowest BCUT2D eigenvalue weighted by Gasteiger charge is -2.09. The highest BCUT2D eigenvalue weighted by Crippen LogP contribution is 2.27. The first-order valence-corrected chi connectivity index (χ1v) is 7.45. The standard InChI is InChI=1S/C12H11BrN4O3S/c13-7-4-8(21-6-7)5-15-12(18)9-2-1-3-10(17(19)20)11(9)16-14/h1-4,6,16H,5,14H2,(H,15,18). The van der Waals surface area contributed by atoms with Crippen LogP contribution in [-0.4, -0.2) is 10.8 Å². The van der Waals surface area contributed by atoms with Crippen LogP contribution in [0.5, 0.6) is 0 Å². The van der Waals surface area contributed by atoms with Gasteiger partial charge in [0.25, 0.3) is 11.6 Å². The number of hydrazine groups is 1. The fraction of sp³-hybridized carbons (Fsp3) is 0.0833. The summed E-state index contributed by atoms with van der Waals surface area (Å²) in [5.41, 5.74) is 2.10. The number of nitrogens with one attached hydrogen (secondary N) is 2. The molecule has 21 heavy (non-hydrogen) atoms. The normalized spacial score (nSPS) is 10.2. The summed E-state index contributed by atoms with van der Waals surface area (Å²) in [4.78, 5) is 23.4. The number of anilines is 1. The monoisotopic (exact) mass is 370 g/mol. The zero-order valence-corrected chi connectivity index (χ0v) is 13.0. The van der Waals surface area contributed by atoms with Gasteiger partial charge >= 0.3 is 0 Å². The van der Waals surface area contributed by atoms with E-state index in [0.717, 1.165) is 9.35 Å². The van der Waals surface area contributed by atoms with Crippen molar-refractivity contribution in [3.63, 3.8) is 0 Å². The van der Waals surface area contributed by atoms with Gasteiger partial charge in [-0.25, -0.2) is 0 Å². The highest BCUT2D eigenvalue weighted by atomic mass is 79.9.